The van der Waals surface area contributed by atoms with E-state index in [-0.39, 0.29) is 17.6 Å². The molecule has 0 N–H and O–H groups in total. The number of hydrogen-bond donors (Lipinski definition) is 0. The fourth-order valence-corrected chi connectivity index (χ4v) is 2.93. The fourth-order valence-electron chi connectivity index (χ4n) is 2.93. The number of carbonyl (C=O) groups is 1. The third-order valence-corrected chi connectivity index (χ3v) is 4.43. The van der Waals surface area contributed by atoms with Gasteiger partial charge in [-0.3, -0.25) is 4.79 Å². The molecule has 1 unspecified atom stereocenters. The minimum Gasteiger partial charge on any atom is -0.369 e. The van der Waals surface area contributed by atoms with Crippen LogP contribution in [0, 0.1) is 6.92 Å². The average Bonchev–Trinajstić information content (AvgIpc) is 2.56. The predicted molar refractivity (Wildman–Crippen MR) is 91.4 cm³/mol. The van der Waals surface area contributed by atoms with Crippen LogP contribution in [0.4, 0.5) is 0 Å². The van der Waals surface area contributed by atoms with Crippen molar-refractivity contribution in [2.45, 2.75) is 32.4 Å². The number of amides is 1. The monoisotopic (exact) mass is 309 g/mol. The number of carbonyl (C=O) groups excluding carboxylic acids is 1. The molecule has 0 aromatic heterocycles. The van der Waals surface area contributed by atoms with Gasteiger partial charge in [0, 0.05) is 5.56 Å². The maximum Gasteiger partial charge on any atom is 0.254 e. The lowest BCUT2D eigenvalue weighted by Crippen LogP contribution is -2.56. The molecule has 120 valence electrons. The Labute approximate surface area is 137 Å². The molecule has 3 heteroatoms. The summed E-state index contributed by atoms with van der Waals surface area (Å²) in [5.74, 6) is 0.0658. The maximum atomic E-state index is 12.9. The van der Waals surface area contributed by atoms with Crippen molar-refractivity contribution in [1.29, 1.82) is 0 Å². The Morgan fingerprint density at radius 3 is 2.39 bits per heavy atom. The number of benzene rings is 2. The van der Waals surface area contributed by atoms with Crippen LogP contribution in [0.2, 0.25) is 0 Å². The van der Waals surface area contributed by atoms with E-state index in [4.69, 9.17) is 4.74 Å². The molecular formula is C20H23NO2. The summed E-state index contributed by atoms with van der Waals surface area (Å²) in [6.45, 7) is 7.28. The second-order valence-corrected chi connectivity index (χ2v) is 6.80. The highest BCUT2D eigenvalue weighted by Gasteiger charge is 2.38. The molecule has 1 fully saturated rings. The summed E-state index contributed by atoms with van der Waals surface area (Å²) in [4.78, 5) is 14.9. The average molecular weight is 309 g/mol. The molecule has 0 aliphatic carbocycles. The number of ether oxygens (including phenoxy) is 1. The molecule has 0 spiro atoms. The first-order valence-electron chi connectivity index (χ1n) is 8.02. The molecule has 1 amide bonds. The van der Waals surface area contributed by atoms with E-state index in [2.05, 4.69) is 45.0 Å². The molecule has 0 bridgehead atoms. The SMILES string of the molecule is Cc1ccc(C2CN(C(=O)c3ccccc3)C(C)(C)CO2)cc1. The molecule has 0 radical (unpaired) electrons. The highest BCUT2D eigenvalue weighted by molar-refractivity contribution is 5.94. The van der Waals surface area contributed by atoms with Gasteiger partial charge in [-0.15, -0.1) is 0 Å². The number of rotatable bonds is 2. The van der Waals surface area contributed by atoms with Gasteiger partial charge in [0.2, 0.25) is 0 Å². The zero-order valence-corrected chi connectivity index (χ0v) is 14.0. The van der Waals surface area contributed by atoms with Crippen LogP contribution in [-0.4, -0.2) is 29.5 Å². The van der Waals surface area contributed by atoms with Gasteiger partial charge < -0.3 is 9.64 Å². The summed E-state index contributed by atoms with van der Waals surface area (Å²) < 4.78 is 6.04. The standard InChI is InChI=1S/C20H23NO2/c1-15-9-11-16(12-10-15)18-13-21(20(2,3)14-23-18)19(22)17-7-5-4-6-8-17/h4-12,18H,13-14H2,1-3H3. The van der Waals surface area contributed by atoms with Gasteiger partial charge >= 0.3 is 0 Å². The molecule has 1 aliphatic rings. The van der Waals surface area contributed by atoms with Crippen molar-refractivity contribution in [2.24, 2.45) is 0 Å². The zero-order chi connectivity index (χ0) is 16.4. The summed E-state index contributed by atoms with van der Waals surface area (Å²) in [5.41, 5.74) is 2.76. The summed E-state index contributed by atoms with van der Waals surface area (Å²) in [6.07, 6.45) is -0.0729. The number of aryl methyl sites for hydroxylation is 1. The van der Waals surface area contributed by atoms with E-state index in [0.29, 0.717) is 13.2 Å². The Morgan fingerprint density at radius 2 is 1.74 bits per heavy atom. The van der Waals surface area contributed by atoms with Crippen molar-refractivity contribution in [1.82, 2.24) is 4.90 Å². The van der Waals surface area contributed by atoms with E-state index in [0.717, 1.165) is 11.1 Å². The van der Waals surface area contributed by atoms with Crippen LogP contribution in [0.5, 0.6) is 0 Å². The van der Waals surface area contributed by atoms with Gasteiger partial charge in [0.25, 0.3) is 5.91 Å². The van der Waals surface area contributed by atoms with Gasteiger partial charge in [-0.05, 0) is 38.5 Å². The molecule has 0 saturated carbocycles. The second-order valence-electron chi connectivity index (χ2n) is 6.80. The smallest absolute Gasteiger partial charge is 0.254 e. The molecule has 2 aromatic carbocycles. The lowest BCUT2D eigenvalue weighted by atomic mass is 9.96. The van der Waals surface area contributed by atoms with Crippen molar-refractivity contribution >= 4 is 5.91 Å². The quantitative estimate of drug-likeness (QED) is 0.839. The predicted octanol–water partition coefficient (Wildman–Crippen LogP) is 3.99. The van der Waals surface area contributed by atoms with Crippen molar-refractivity contribution in [2.75, 3.05) is 13.2 Å². The van der Waals surface area contributed by atoms with Gasteiger partial charge in [-0.1, -0.05) is 48.0 Å². The number of morpholine rings is 1. The third-order valence-electron chi connectivity index (χ3n) is 4.43. The molecule has 3 nitrogen and oxygen atoms in total. The summed E-state index contributed by atoms with van der Waals surface area (Å²) in [7, 11) is 0. The van der Waals surface area contributed by atoms with Gasteiger partial charge in [0.1, 0.15) is 6.10 Å². The Kier molecular flexibility index (Phi) is 4.22. The minimum absolute atomic E-state index is 0.0658. The first-order chi connectivity index (χ1) is 11.0. The maximum absolute atomic E-state index is 12.9. The van der Waals surface area contributed by atoms with E-state index in [1.807, 2.05) is 35.2 Å². The number of nitrogens with zero attached hydrogens (tertiary/aromatic N) is 1. The molecule has 1 aliphatic heterocycles. The normalized spacial score (nSPS) is 20.3. The molecule has 1 heterocycles. The van der Waals surface area contributed by atoms with Crippen molar-refractivity contribution in [3.05, 3.63) is 71.3 Å². The van der Waals surface area contributed by atoms with Crippen LogP contribution in [0.25, 0.3) is 0 Å². The summed E-state index contributed by atoms with van der Waals surface area (Å²) >= 11 is 0. The molecule has 3 rings (SSSR count). The lowest BCUT2D eigenvalue weighted by Gasteiger charge is -2.45. The van der Waals surface area contributed by atoms with Gasteiger partial charge in [-0.25, -0.2) is 0 Å². The Balaban J connectivity index is 1.85. The molecule has 23 heavy (non-hydrogen) atoms. The Hall–Kier alpha value is -2.13. The molecule has 2 aromatic rings. The lowest BCUT2D eigenvalue weighted by molar-refractivity contribution is -0.0846. The van der Waals surface area contributed by atoms with E-state index < -0.39 is 0 Å². The van der Waals surface area contributed by atoms with Crippen molar-refractivity contribution < 1.29 is 9.53 Å². The summed E-state index contributed by atoms with van der Waals surface area (Å²) in [5, 5.41) is 0. The Morgan fingerprint density at radius 1 is 1.09 bits per heavy atom. The summed E-state index contributed by atoms with van der Waals surface area (Å²) in [6, 6.07) is 17.8. The third kappa shape index (κ3) is 3.30. The van der Waals surface area contributed by atoms with Gasteiger partial charge in [0.15, 0.2) is 0 Å². The van der Waals surface area contributed by atoms with E-state index in [1.54, 1.807) is 0 Å². The molecular weight excluding hydrogens is 286 g/mol. The van der Waals surface area contributed by atoms with E-state index in [9.17, 15) is 4.79 Å². The van der Waals surface area contributed by atoms with Gasteiger partial charge in [-0.2, -0.15) is 0 Å². The first-order valence-corrected chi connectivity index (χ1v) is 8.02. The van der Waals surface area contributed by atoms with E-state index in [1.165, 1.54) is 5.56 Å². The van der Waals surface area contributed by atoms with E-state index >= 15 is 0 Å². The topological polar surface area (TPSA) is 29.5 Å². The van der Waals surface area contributed by atoms with Crippen LogP contribution < -0.4 is 0 Å². The molecule has 1 saturated heterocycles. The van der Waals surface area contributed by atoms with Crippen LogP contribution in [0.1, 0.15) is 41.4 Å². The van der Waals surface area contributed by atoms with Crippen LogP contribution >= 0.6 is 0 Å². The van der Waals surface area contributed by atoms with Gasteiger partial charge in [0.05, 0.1) is 18.7 Å². The van der Waals surface area contributed by atoms with Crippen molar-refractivity contribution in [3.63, 3.8) is 0 Å². The second kappa shape index (κ2) is 6.17. The zero-order valence-electron chi connectivity index (χ0n) is 14.0. The first kappa shape index (κ1) is 15.8. The van der Waals surface area contributed by atoms with Crippen molar-refractivity contribution in [3.8, 4) is 0 Å². The van der Waals surface area contributed by atoms with Crippen LogP contribution in [0.3, 0.4) is 0 Å². The largest absolute Gasteiger partial charge is 0.369 e. The fraction of sp³-hybridized carbons (Fsp3) is 0.350. The van der Waals surface area contributed by atoms with Crippen LogP contribution in [0.15, 0.2) is 54.6 Å². The molecule has 1 atom stereocenters. The Bertz CT molecular complexity index is 677. The highest BCUT2D eigenvalue weighted by atomic mass is 16.5. The highest BCUT2D eigenvalue weighted by Crippen LogP contribution is 2.31. The minimum atomic E-state index is -0.311. The number of hydrogen-bond acceptors (Lipinski definition) is 2. The van der Waals surface area contributed by atoms with Crippen LogP contribution in [-0.2, 0) is 4.74 Å².